The van der Waals surface area contributed by atoms with Crippen LogP contribution < -0.4 is 5.73 Å². The Hall–Kier alpha value is -1.72. The number of benzene rings is 1. The second-order valence-corrected chi connectivity index (χ2v) is 5.53. The van der Waals surface area contributed by atoms with E-state index in [0.29, 0.717) is 4.31 Å². The Bertz CT molecular complexity index is 573. The molecule has 0 fully saturated rings. The van der Waals surface area contributed by atoms with Gasteiger partial charge in [0.1, 0.15) is 11.6 Å². The number of nitriles is 1. The maximum absolute atomic E-state index is 13.5. The van der Waals surface area contributed by atoms with Crippen LogP contribution in [-0.2, 0) is 10.0 Å². The molecule has 0 atom stereocenters. The van der Waals surface area contributed by atoms with Gasteiger partial charge in [0.15, 0.2) is 4.90 Å². The highest BCUT2D eigenvalue weighted by molar-refractivity contribution is 7.89. The van der Waals surface area contributed by atoms with E-state index in [1.165, 1.54) is 0 Å². The van der Waals surface area contributed by atoms with E-state index in [1.807, 2.05) is 0 Å². The lowest BCUT2D eigenvalue weighted by Gasteiger charge is -2.16. The van der Waals surface area contributed by atoms with Crippen LogP contribution in [0.4, 0.5) is 14.5 Å². The van der Waals surface area contributed by atoms with Gasteiger partial charge >= 0.3 is 0 Å². The van der Waals surface area contributed by atoms with Crippen LogP contribution in [0.1, 0.15) is 6.42 Å². The highest BCUT2D eigenvalue weighted by Gasteiger charge is 2.28. The topological polar surface area (TPSA) is 87.2 Å². The van der Waals surface area contributed by atoms with Crippen molar-refractivity contribution in [3.63, 3.8) is 0 Å². The van der Waals surface area contributed by atoms with E-state index < -0.39 is 26.6 Å². The van der Waals surface area contributed by atoms with Crippen LogP contribution in [0, 0.1) is 23.0 Å². The molecule has 2 N–H and O–H groups in total. The monoisotopic (exact) mass is 275 g/mol. The number of rotatable bonds is 4. The van der Waals surface area contributed by atoms with Crippen molar-refractivity contribution in [3.05, 3.63) is 23.8 Å². The van der Waals surface area contributed by atoms with E-state index in [4.69, 9.17) is 11.0 Å². The molecule has 0 aliphatic rings. The van der Waals surface area contributed by atoms with Gasteiger partial charge in [0.2, 0.25) is 10.0 Å². The first-order chi connectivity index (χ1) is 8.30. The first kappa shape index (κ1) is 14.3. The lowest BCUT2D eigenvalue weighted by Crippen LogP contribution is -2.29. The Morgan fingerprint density at radius 1 is 1.39 bits per heavy atom. The van der Waals surface area contributed by atoms with Crippen molar-refractivity contribution < 1.29 is 17.2 Å². The van der Waals surface area contributed by atoms with Gasteiger partial charge in [-0.2, -0.15) is 9.57 Å². The molecular weight excluding hydrogens is 264 g/mol. The van der Waals surface area contributed by atoms with E-state index in [-0.39, 0.29) is 18.7 Å². The molecule has 98 valence electrons. The van der Waals surface area contributed by atoms with Gasteiger partial charge < -0.3 is 5.73 Å². The van der Waals surface area contributed by atoms with Crippen LogP contribution in [0.25, 0.3) is 0 Å². The Morgan fingerprint density at radius 3 is 2.33 bits per heavy atom. The molecule has 0 saturated carbocycles. The second kappa shape index (κ2) is 5.29. The average Bonchev–Trinajstić information content (AvgIpc) is 2.23. The van der Waals surface area contributed by atoms with Gasteiger partial charge in [0, 0.05) is 25.7 Å². The maximum atomic E-state index is 13.5. The summed E-state index contributed by atoms with van der Waals surface area (Å²) < 4.78 is 51.5. The Labute approximate surface area is 103 Å². The van der Waals surface area contributed by atoms with Crippen molar-refractivity contribution in [2.75, 3.05) is 19.3 Å². The summed E-state index contributed by atoms with van der Waals surface area (Å²) >= 11 is 0. The van der Waals surface area contributed by atoms with Gasteiger partial charge in [-0.15, -0.1) is 0 Å². The molecule has 0 aliphatic carbocycles. The zero-order valence-electron chi connectivity index (χ0n) is 9.52. The normalized spacial score (nSPS) is 11.5. The summed E-state index contributed by atoms with van der Waals surface area (Å²) in [4.78, 5) is -1.06. The molecule has 0 unspecified atom stereocenters. The summed E-state index contributed by atoms with van der Waals surface area (Å²) in [6, 6.07) is 3.21. The molecule has 0 aliphatic heterocycles. The number of nitrogens with two attached hydrogens (primary N) is 1. The van der Waals surface area contributed by atoms with Crippen molar-refractivity contribution in [1.82, 2.24) is 4.31 Å². The molecule has 1 aromatic rings. The molecule has 0 spiro atoms. The number of hydrogen-bond acceptors (Lipinski definition) is 4. The minimum absolute atomic E-state index is 0.0755. The van der Waals surface area contributed by atoms with Crippen molar-refractivity contribution in [2.24, 2.45) is 0 Å². The van der Waals surface area contributed by atoms with Gasteiger partial charge in [0.05, 0.1) is 6.07 Å². The zero-order valence-corrected chi connectivity index (χ0v) is 10.3. The third kappa shape index (κ3) is 2.75. The highest BCUT2D eigenvalue weighted by atomic mass is 32.2. The molecule has 8 heteroatoms. The smallest absolute Gasteiger partial charge is 0.248 e. The molecule has 0 saturated heterocycles. The standard InChI is InChI=1S/C10H11F2N3O2S/c1-15(4-2-3-13)18(16,17)10-8(11)5-7(14)6-9(10)12/h5-6H,2,4,14H2,1H3. The average molecular weight is 275 g/mol. The SMILES string of the molecule is CN(CCC#N)S(=O)(=O)c1c(F)cc(N)cc1F. The Balaban J connectivity index is 3.26. The van der Waals surface area contributed by atoms with E-state index in [9.17, 15) is 17.2 Å². The number of sulfonamides is 1. The van der Waals surface area contributed by atoms with Gasteiger partial charge in [-0.05, 0) is 12.1 Å². The minimum Gasteiger partial charge on any atom is -0.399 e. The van der Waals surface area contributed by atoms with Crippen LogP contribution in [0.5, 0.6) is 0 Å². The fourth-order valence-corrected chi connectivity index (χ4v) is 2.56. The number of nitrogen functional groups attached to an aromatic ring is 1. The predicted molar refractivity (Wildman–Crippen MR) is 60.8 cm³/mol. The van der Waals surface area contributed by atoms with Crippen LogP contribution in [0.15, 0.2) is 17.0 Å². The molecule has 1 rings (SSSR count). The summed E-state index contributed by atoms with van der Waals surface area (Å²) in [6.07, 6.45) is -0.0755. The summed E-state index contributed by atoms with van der Waals surface area (Å²) in [6.45, 7) is -0.151. The highest BCUT2D eigenvalue weighted by Crippen LogP contribution is 2.24. The molecule has 5 nitrogen and oxygen atoms in total. The van der Waals surface area contributed by atoms with Crippen molar-refractivity contribution >= 4 is 15.7 Å². The summed E-state index contributed by atoms with van der Waals surface area (Å²) in [5.41, 5.74) is 4.99. The Morgan fingerprint density at radius 2 is 1.89 bits per heavy atom. The van der Waals surface area contributed by atoms with Crippen LogP contribution in [0.2, 0.25) is 0 Å². The van der Waals surface area contributed by atoms with Crippen molar-refractivity contribution in [3.8, 4) is 6.07 Å². The van der Waals surface area contributed by atoms with Gasteiger partial charge in [-0.1, -0.05) is 0 Å². The zero-order chi connectivity index (χ0) is 13.9. The first-order valence-electron chi connectivity index (χ1n) is 4.88. The van der Waals surface area contributed by atoms with Gasteiger partial charge in [-0.3, -0.25) is 0 Å². The minimum atomic E-state index is -4.31. The molecule has 1 aromatic carbocycles. The Kier molecular flexibility index (Phi) is 4.21. The molecule has 0 radical (unpaired) electrons. The van der Waals surface area contributed by atoms with Crippen LogP contribution in [0.3, 0.4) is 0 Å². The van der Waals surface area contributed by atoms with Crippen LogP contribution >= 0.6 is 0 Å². The molecule has 18 heavy (non-hydrogen) atoms. The summed E-state index contributed by atoms with van der Waals surface area (Å²) in [5, 5.41) is 8.36. The molecule has 0 heterocycles. The predicted octanol–water partition coefficient (Wildman–Crippen LogP) is 1.08. The van der Waals surface area contributed by atoms with E-state index >= 15 is 0 Å². The molecule has 0 amide bonds. The number of hydrogen-bond donors (Lipinski definition) is 1. The summed E-state index contributed by atoms with van der Waals surface area (Å²) in [5.74, 6) is -2.51. The van der Waals surface area contributed by atoms with Crippen molar-refractivity contribution in [1.29, 1.82) is 5.26 Å². The lowest BCUT2D eigenvalue weighted by molar-refractivity contribution is 0.456. The van der Waals surface area contributed by atoms with Crippen molar-refractivity contribution in [2.45, 2.75) is 11.3 Å². The quantitative estimate of drug-likeness (QED) is 0.833. The molecular formula is C10H11F2N3O2S. The van der Waals surface area contributed by atoms with Crippen LogP contribution in [-0.4, -0.2) is 26.3 Å². The van der Waals surface area contributed by atoms with E-state index in [2.05, 4.69) is 0 Å². The van der Waals surface area contributed by atoms with E-state index in [1.54, 1.807) is 6.07 Å². The van der Waals surface area contributed by atoms with Gasteiger partial charge in [-0.25, -0.2) is 17.2 Å². The van der Waals surface area contributed by atoms with Gasteiger partial charge in [0.25, 0.3) is 0 Å². The first-order valence-corrected chi connectivity index (χ1v) is 6.32. The third-order valence-corrected chi connectivity index (χ3v) is 4.14. The second-order valence-electron chi connectivity index (χ2n) is 3.55. The van der Waals surface area contributed by atoms with E-state index in [0.717, 1.165) is 19.2 Å². The number of anilines is 1. The fourth-order valence-electron chi connectivity index (χ4n) is 1.31. The lowest BCUT2D eigenvalue weighted by atomic mass is 10.3. The molecule has 0 bridgehead atoms. The maximum Gasteiger partial charge on any atom is 0.248 e. The number of halogens is 2. The fraction of sp³-hybridized carbons (Fsp3) is 0.300. The molecule has 0 aromatic heterocycles. The third-order valence-electron chi connectivity index (χ3n) is 2.23. The number of nitrogens with zero attached hydrogens (tertiary/aromatic N) is 2. The summed E-state index contributed by atoms with van der Waals surface area (Å²) in [7, 11) is -3.17. The largest absolute Gasteiger partial charge is 0.399 e.